The zero-order valence-corrected chi connectivity index (χ0v) is 12.1. The van der Waals surface area contributed by atoms with Gasteiger partial charge in [-0.2, -0.15) is 0 Å². The molecule has 2 rings (SSSR count). The van der Waals surface area contributed by atoms with Gasteiger partial charge < -0.3 is 20.2 Å². The molecule has 2 amide bonds. The van der Waals surface area contributed by atoms with E-state index in [4.69, 9.17) is 16.0 Å². The van der Waals surface area contributed by atoms with Crippen molar-refractivity contribution in [2.75, 3.05) is 13.1 Å². The van der Waals surface area contributed by atoms with Crippen molar-refractivity contribution in [2.45, 2.75) is 12.5 Å². The van der Waals surface area contributed by atoms with Crippen LogP contribution in [0.15, 0.2) is 47.1 Å². The maximum Gasteiger partial charge on any atom is 0.314 e. The first-order valence-corrected chi connectivity index (χ1v) is 7.01. The molecule has 1 aromatic carbocycles. The molecule has 5 nitrogen and oxygen atoms in total. The van der Waals surface area contributed by atoms with Crippen LogP contribution in [0, 0.1) is 0 Å². The van der Waals surface area contributed by atoms with Gasteiger partial charge in [0.05, 0.1) is 12.8 Å². The monoisotopic (exact) mass is 308 g/mol. The van der Waals surface area contributed by atoms with Crippen LogP contribution in [0.2, 0.25) is 5.02 Å². The predicted molar refractivity (Wildman–Crippen MR) is 80.2 cm³/mol. The second-order valence-electron chi connectivity index (χ2n) is 4.51. The third kappa shape index (κ3) is 4.81. The molecule has 0 bridgehead atoms. The highest BCUT2D eigenvalue weighted by molar-refractivity contribution is 6.31. The number of furan rings is 1. The van der Waals surface area contributed by atoms with Gasteiger partial charge in [0.15, 0.2) is 0 Å². The number of aliphatic hydroxyl groups is 1. The number of benzene rings is 1. The first-order chi connectivity index (χ1) is 10.2. The van der Waals surface area contributed by atoms with Gasteiger partial charge in [-0.05, 0) is 30.2 Å². The number of amides is 2. The van der Waals surface area contributed by atoms with Gasteiger partial charge in [-0.3, -0.25) is 0 Å². The lowest BCUT2D eigenvalue weighted by Crippen LogP contribution is -2.38. The molecule has 1 unspecified atom stereocenters. The van der Waals surface area contributed by atoms with E-state index in [1.54, 1.807) is 12.1 Å². The number of rotatable bonds is 6. The molecule has 21 heavy (non-hydrogen) atoms. The van der Waals surface area contributed by atoms with E-state index in [0.717, 1.165) is 5.56 Å². The summed E-state index contributed by atoms with van der Waals surface area (Å²) in [5, 5.41) is 15.7. The van der Waals surface area contributed by atoms with Crippen molar-refractivity contribution < 1.29 is 14.3 Å². The summed E-state index contributed by atoms with van der Waals surface area (Å²) < 4.78 is 5.04. The lowest BCUT2D eigenvalue weighted by molar-refractivity contribution is 0.148. The highest BCUT2D eigenvalue weighted by atomic mass is 35.5. The molecule has 0 spiro atoms. The minimum Gasteiger partial charge on any atom is -0.467 e. The van der Waals surface area contributed by atoms with Crippen molar-refractivity contribution in [1.82, 2.24) is 10.6 Å². The molecule has 1 aromatic heterocycles. The summed E-state index contributed by atoms with van der Waals surface area (Å²) in [7, 11) is 0. The van der Waals surface area contributed by atoms with Gasteiger partial charge in [0, 0.05) is 11.6 Å². The fourth-order valence-electron chi connectivity index (χ4n) is 1.85. The summed E-state index contributed by atoms with van der Waals surface area (Å²) in [4.78, 5) is 11.6. The summed E-state index contributed by atoms with van der Waals surface area (Å²) in [5.74, 6) is 0.423. The Bertz CT molecular complexity index is 572. The van der Waals surface area contributed by atoms with E-state index >= 15 is 0 Å². The maximum atomic E-state index is 11.6. The van der Waals surface area contributed by atoms with Crippen LogP contribution in [0.25, 0.3) is 0 Å². The lowest BCUT2D eigenvalue weighted by Gasteiger charge is -2.11. The molecule has 0 radical (unpaired) electrons. The Kier molecular flexibility index (Phi) is 5.66. The van der Waals surface area contributed by atoms with E-state index < -0.39 is 6.10 Å². The van der Waals surface area contributed by atoms with E-state index in [9.17, 15) is 9.90 Å². The number of carbonyl (C=O) groups is 1. The normalized spacial score (nSPS) is 11.9. The topological polar surface area (TPSA) is 74.5 Å². The Balaban J connectivity index is 1.67. The van der Waals surface area contributed by atoms with Gasteiger partial charge in [0.25, 0.3) is 0 Å². The van der Waals surface area contributed by atoms with Crippen LogP contribution >= 0.6 is 11.6 Å². The number of hydrogen-bond donors (Lipinski definition) is 3. The van der Waals surface area contributed by atoms with Gasteiger partial charge in [0.1, 0.15) is 11.9 Å². The van der Waals surface area contributed by atoms with Crippen molar-refractivity contribution >= 4 is 17.6 Å². The highest BCUT2D eigenvalue weighted by Crippen LogP contribution is 2.14. The number of carbonyl (C=O) groups excluding carboxylic acids is 1. The second-order valence-corrected chi connectivity index (χ2v) is 4.92. The first kappa shape index (κ1) is 15.4. The fraction of sp³-hybridized carbons (Fsp3) is 0.267. The Morgan fingerprint density at radius 2 is 2.05 bits per heavy atom. The third-order valence-electron chi connectivity index (χ3n) is 2.97. The van der Waals surface area contributed by atoms with E-state index in [1.165, 1.54) is 6.26 Å². The van der Waals surface area contributed by atoms with Crippen LogP contribution in [0.3, 0.4) is 0 Å². The van der Waals surface area contributed by atoms with Crippen LogP contribution in [-0.2, 0) is 6.42 Å². The van der Waals surface area contributed by atoms with Gasteiger partial charge >= 0.3 is 6.03 Å². The Labute approximate surface area is 127 Å². The van der Waals surface area contributed by atoms with Crippen molar-refractivity contribution in [3.8, 4) is 0 Å². The van der Waals surface area contributed by atoms with Crippen molar-refractivity contribution in [1.29, 1.82) is 0 Å². The van der Waals surface area contributed by atoms with Crippen LogP contribution in [0.4, 0.5) is 4.79 Å². The zero-order valence-electron chi connectivity index (χ0n) is 11.4. The molecular formula is C15H17ClN2O3. The van der Waals surface area contributed by atoms with E-state index in [-0.39, 0.29) is 12.6 Å². The lowest BCUT2D eigenvalue weighted by atomic mass is 10.1. The smallest absolute Gasteiger partial charge is 0.314 e. The molecular weight excluding hydrogens is 292 g/mol. The minimum absolute atomic E-state index is 0.0887. The van der Waals surface area contributed by atoms with Gasteiger partial charge in [-0.25, -0.2) is 4.79 Å². The highest BCUT2D eigenvalue weighted by Gasteiger charge is 2.11. The molecule has 1 atom stereocenters. The number of halogens is 1. The van der Waals surface area contributed by atoms with E-state index in [0.29, 0.717) is 23.7 Å². The molecule has 0 aliphatic carbocycles. The number of nitrogens with one attached hydrogen (secondary N) is 2. The average Bonchev–Trinajstić information content (AvgIpc) is 3.01. The van der Waals surface area contributed by atoms with Crippen LogP contribution in [0.1, 0.15) is 17.4 Å². The average molecular weight is 309 g/mol. The molecule has 3 N–H and O–H groups in total. The fourth-order valence-corrected chi connectivity index (χ4v) is 2.08. The van der Waals surface area contributed by atoms with Gasteiger partial charge in [-0.15, -0.1) is 0 Å². The zero-order chi connectivity index (χ0) is 15.1. The SMILES string of the molecule is O=C(NCCc1ccccc1Cl)NCC(O)c1ccco1. The first-order valence-electron chi connectivity index (χ1n) is 6.63. The Hall–Kier alpha value is -1.98. The largest absolute Gasteiger partial charge is 0.467 e. The van der Waals surface area contributed by atoms with Crippen LogP contribution < -0.4 is 10.6 Å². The van der Waals surface area contributed by atoms with Crippen LogP contribution in [0.5, 0.6) is 0 Å². The number of urea groups is 1. The summed E-state index contributed by atoms with van der Waals surface area (Å²) >= 11 is 6.03. The van der Waals surface area contributed by atoms with Gasteiger partial charge in [-0.1, -0.05) is 29.8 Å². The molecule has 0 saturated carbocycles. The maximum absolute atomic E-state index is 11.6. The number of hydrogen-bond acceptors (Lipinski definition) is 3. The predicted octanol–water partition coefficient (Wildman–Crippen LogP) is 2.51. The van der Waals surface area contributed by atoms with Gasteiger partial charge in [0.2, 0.25) is 0 Å². The summed E-state index contributed by atoms with van der Waals surface area (Å²) in [6.07, 6.45) is 1.27. The van der Waals surface area contributed by atoms with Crippen molar-refractivity contribution in [2.24, 2.45) is 0 Å². The Morgan fingerprint density at radius 3 is 2.76 bits per heavy atom. The Morgan fingerprint density at radius 1 is 1.24 bits per heavy atom. The molecule has 0 saturated heterocycles. The molecule has 0 fully saturated rings. The number of aliphatic hydroxyl groups excluding tert-OH is 1. The summed E-state index contributed by atoms with van der Waals surface area (Å²) in [6.45, 7) is 0.553. The second kappa shape index (κ2) is 7.71. The molecule has 0 aliphatic heterocycles. The minimum atomic E-state index is -0.852. The molecule has 112 valence electrons. The summed E-state index contributed by atoms with van der Waals surface area (Å²) in [6, 6.07) is 10.5. The molecule has 0 aliphatic rings. The summed E-state index contributed by atoms with van der Waals surface area (Å²) in [5.41, 5.74) is 0.982. The molecule has 2 aromatic rings. The van der Waals surface area contributed by atoms with E-state index in [2.05, 4.69) is 10.6 Å². The standard InChI is InChI=1S/C15H17ClN2O3/c16-12-5-2-1-4-11(12)7-8-17-15(20)18-10-13(19)14-6-3-9-21-14/h1-6,9,13,19H,7-8,10H2,(H2,17,18,20). The quantitative estimate of drug-likeness (QED) is 0.767. The van der Waals surface area contributed by atoms with Crippen LogP contribution in [-0.4, -0.2) is 24.2 Å². The van der Waals surface area contributed by atoms with E-state index in [1.807, 2.05) is 24.3 Å². The molecule has 6 heteroatoms. The van der Waals surface area contributed by atoms with Crippen molar-refractivity contribution in [3.05, 3.63) is 59.0 Å². The third-order valence-corrected chi connectivity index (χ3v) is 3.33. The van der Waals surface area contributed by atoms with Crippen molar-refractivity contribution in [3.63, 3.8) is 0 Å². The molecule has 1 heterocycles.